The molecule has 0 aromatic heterocycles. The first-order valence-electron chi connectivity index (χ1n) is 9.45. The highest BCUT2D eigenvalue weighted by atomic mass is 35.5. The van der Waals surface area contributed by atoms with E-state index in [9.17, 15) is 9.59 Å². The van der Waals surface area contributed by atoms with Crippen molar-refractivity contribution < 1.29 is 19.1 Å². The number of benzene rings is 2. The first-order valence-corrected chi connectivity index (χ1v) is 9.83. The number of esters is 1. The van der Waals surface area contributed by atoms with Crippen LogP contribution in [-0.4, -0.2) is 25.5 Å². The number of carbonyl (C=O) groups excluding carboxylic acids is 2. The summed E-state index contributed by atoms with van der Waals surface area (Å²) < 4.78 is 10.6. The molecule has 1 heterocycles. The third-order valence-electron chi connectivity index (χ3n) is 5.30. The van der Waals surface area contributed by atoms with E-state index in [4.69, 9.17) is 21.1 Å². The zero-order valence-electron chi connectivity index (χ0n) is 16.6. The van der Waals surface area contributed by atoms with E-state index >= 15 is 0 Å². The lowest BCUT2D eigenvalue weighted by Gasteiger charge is -2.29. The molecule has 2 aromatic carbocycles. The molecule has 0 radical (unpaired) electrons. The molecular formula is C24H20ClNO4. The van der Waals surface area contributed by atoms with Gasteiger partial charge in [0.25, 0.3) is 0 Å². The molecular weight excluding hydrogens is 402 g/mol. The van der Waals surface area contributed by atoms with Crippen molar-refractivity contribution in [2.24, 2.45) is 0 Å². The number of Topliss-reactive ketones (excluding diaryl/α,β-unsaturated/α-hetero) is 1. The first-order chi connectivity index (χ1) is 14.5. The number of hydrogen-bond acceptors (Lipinski definition) is 5. The molecule has 1 atom stereocenters. The van der Waals surface area contributed by atoms with Crippen molar-refractivity contribution in [1.29, 1.82) is 0 Å². The Morgan fingerprint density at radius 2 is 1.97 bits per heavy atom. The Hall–Kier alpha value is -3.31. The number of halogens is 1. The SMILES string of the molecule is C=CCOc1ccc([C@H]2C(C(=O)OC)=C(C)NC3=C2C(=O)c2ccccc23)cc1Cl. The van der Waals surface area contributed by atoms with Crippen molar-refractivity contribution >= 4 is 29.1 Å². The Morgan fingerprint density at radius 1 is 1.23 bits per heavy atom. The molecule has 5 nitrogen and oxygen atoms in total. The standard InChI is InChI=1S/C24H20ClNO4/c1-4-11-30-18-10-9-14(12-17(18)25)20-19(24(28)29-3)13(2)26-22-15-7-5-6-8-16(15)23(27)21(20)22/h4-10,12,20,26H,1,11H2,2-3H3/t20-/m0/s1. The number of nitrogens with one attached hydrogen (secondary N) is 1. The third-order valence-corrected chi connectivity index (χ3v) is 5.60. The lowest BCUT2D eigenvalue weighted by Crippen LogP contribution is -2.29. The van der Waals surface area contributed by atoms with Crippen molar-refractivity contribution in [2.75, 3.05) is 13.7 Å². The van der Waals surface area contributed by atoms with Gasteiger partial charge in [0.2, 0.25) is 0 Å². The fourth-order valence-corrected chi connectivity index (χ4v) is 4.25. The van der Waals surface area contributed by atoms with Gasteiger partial charge in [-0.1, -0.05) is 54.6 Å². The van der Waals surface area contributed by atoms with Crippen molar-refractivity contribution in [1.82, 2.24) is 5.32 Å². The van der Waals surface area contributed by atoms with Crippen LogP contribution in [0.15, 0.2) is 72.0 Å². The quantitative estimate of drug-likeness (QED) is 0.562. The second-order valence-corrected chi connectivity index (χ2v) is 7.45. The summed E-state index contributed by atoms with van der Waals surface area (Å²) in [5.74, 6) is -0.720. The summed E-state index contributed by atoms with van der Waals surface area (Å²) in [6.07, 6.45) is 1.63. The third kappa shape index (κ3) is 3.12. The maximum absolute atomic E-state index is 13.3. The van der Waals surface area contributed by atoms with Gasteiger partial charge in [-0.2, -0.15) is 0 Å². The predicted octanol–water partition coefficient (Wildman–Crippen LogP) is 4.65. The number of rotatable bonds is 5. The molecule has 0 unspecified atom stereocenters. The number of dihydropyridines is 1. The summed E-state index contributed by atoms with van der Waals surface area (Å²) in [6, 6.07) is 12.7. The van der Waals surface area contributed by atoms with E-state index in [0.29, 0.717) is 51.0 Å². The smallest absolute Gasteiger partial charge is 0.336 e. The summed E-state index contributed by atoms with van der Waals surface area (Å²) in [5, 5.41) is 3.64. The van der Waals surface area contributed by atoms with Crippen LogP contribution in [0.25, 0.3) is 5.70 Å². The van der Waals surface area contributed by atoms with E-state index in [-0.39, 0.29) is 5.78 Å². The summed E-state index contributed by atoms with van der Waals surface area (Å²) in [7, 11) is 1.33. The van der Waals surface area contributed by atoms with E-state index in [1.807, 2.05) is 24.3 Å². The Balaban J connectivity index is 1.88. The minimum absolute atomic E-state index is 0.116. The maximum Gasteiger partial charge on any atom is 0.336 e. The molecule has 1 aliphatic carbocycles. The van der Waals surface area contributed by atoms with Crippen LogP contribution in [0.5, 0.6) is 5.75 Å². The van der Waals surface area contributed by atoms with Crippen LogP contribution in [0.3, 0.4) is 0 Å². The molecule has 2 aliphatic rings. The van der Waals surface area contributed by atoms with Gasteiger partial charge in [-0.25, -0.2) is 4.79 Å². The van der Waals surface area contributed by atoms with Crippen LogP contribution in [0, 0.1) is 0 Å². The number of allylic oxidation sites excluding steroid dienone is 2. The topological polar surface area (TPSA) is 64.6 Å². The monoisotopic (exact) mass is 421 g/mol. The normalized spacial score (nSPS) is 17.3. The van der Waals surface area contributed by atoms with Crippen LogP contribution in [0.4, 0.5) is 0 Å². The van der Waals surface area contributed by atoms with E-state index in [1.54, 1.807) is 31.2 Å². The second-order valence-electron chi connectivity index (χ2n) is 7.04. The van der Waals surface area contributed by atoms with Crippen LogP contribution in [0.2, 0.25) is 5.02 Å². The molecule has 1 aliphatic heterocycles. The molecule has 30 heavy (non-hydrogen) atoms. The lowest BCUT2D eigenvalue weighted by atomic mass is 9.80. The average molecular weight is 422 g/mol. The molecule has 0 saturated heterocycles. The molecule has 6 heteroatoms. The Kier molecular flexibility index (Phi) is 5.22. The first kappa shape index (κ1) is 20.0. The van der Waals surface area contributed by atoms with Gasteiger partial charge < -0.3 is 14.8 Å². The van der Waals surface area contributed by atoms with E-state index < -0.39 is 11.9 Å². The maximum atomic E-state index is 13.3. The Labute approximate surface area is 179 Å². The van der Waals surface area contributed by atoms with E-state index in [0.717, 1.165) is 5.56 Å². The number of carbonyl (C=O) groups is 2. The van der Waals surface area contributed by atoms with E-state index in [1.165, 1.54) is 7.11 Å². The minimum Gasteiger partial charge on any atom is -0.488 e. The van der Waals surface area contributed by atoms with Crippen molar-refractivity contribution in [2.45, 2.75) is 12.8 Å². The van der Waals surface area contributed by atoms with E-state index in [2.05, 4.69) is 11.9 Å². The molecule has 0 spiro atoms. The summed E-state index contributed by atoms with van der Waals surface area (Å²) in [6.45, 7) is 5.76. The van der Waals surface area contributed by atoms with Gasteiger partial charge >= 0.3 is 5.97 Å². The van der Waals surface area contributed by atoms with Gasteiger partial charge in [-0.3, -0.25) is 4.79 Å². The number of ketones is 1. The molecule has 1 N–H and O–H groups in total. The van der Waals surface area contributed by atoms with Crippen molar-refractivity contribution in [3.05, 3.63) is 93.7 Å². The minimum atomic E-state index is -0.612. The molecule has 0 saturated carbocycles. The van der Waals surface area contributed by atoms with Gasteiger partial charge in [0.1, 0.15) is 12.4 Å². The van der Waals surface area contributed by atoms with Crippen LogP contribution < -0.4 is 10.1 Å². The van der Waals surface area contributed by atoms with Gasteiger partial charge in [-0.15, -0.1) is 0 Å². The van der Waals surface area contributed by atoms with Crippen molar-refractivity contribution in [3.8, 4) is 5.75 Å². The van der Waals surface area contributed by atoms with Gasteiger partial charge in [0.15, 0.2) is 5.78 Å². The fraction of sp³-hybridized carbons (Fsp3) is 0.167. The van der Waals surface area contributed by atoms with Gasteiger partial charge in [-0.05, 0) is 24.6 Å². The fourth-order valence-electron chi connectivity index (χ4n) is 4.01. The molecule has 0 bridgehead atoms. The number of fused-ring (bicyclic) bond motifs is 2. The molecule has 0 amide bonds. The average Bonchev–Trinajstić information content (AvgIpc) is 3.03. The highest BCUT2D eigenvalue weighted by Gasteiger charge is 2.42. The van der Waals surface area contributed by atoms with Gasteiger partial charge in [0.05, 0.1) is 23.4 Å². The summed E-state index contributed by atoms with van der Waals surface area (Å²) in [4.78, 5) is 26.0. The Bertz CT molecular complexity index is 1150. The van der Waals surface area contributed by atoms with Crippen LogP contribution in [-0.2, 0) is 9.53 Å². The second kappa shape index (κ2) is 7.84. The predicted molar refractivity (Wildman–Crippen MR) is 115 cm³/mol. The highest BCUT2D eigenvalue weighted by Crippen LogP contribution is 2.47. The summed E-state index contributed by atoms with van der Waals surface area (Å²) in [5.41, 5.74) is 4.39. The van der Waals surface area contributed by atoms with Crippen LogP contribution >= 0.6 is 11.6 Å². The Morgan fingerprint density at radius 3 is 2.63 bits per heavy atom. The molecule has 4 rings (SSSR count). The number of methoxy groups -OCH3 is 1. The van der Waals surface area contributed by atoms with Gasteiger partial charge in [0, 0.05) is 28.3 Å². The van der Waals surface area contributed by atoms with Crippen LogP contribution in [0.1, 0.15) is 34.3 Å². The zero-order valence-corrected chi connectivity index (χ0v) is 17.4. The van der Waals surface area contributed by atoms with Crippen molar-refractivity contribution in [3.63, 3.8) is 0 Å². The lowest BCUT2D eigenvalue weighted by molar-refractivity contribution is -0.136. The molecule has 0 fully saturated rings. The number of hydrogen-bond donors (Lipinski definition) is 1. The molecule has 2 aromatic rings. The molecule has 152 valence electrons. The number of ether oxygens (including phenoxy) is 2. The summed E-state index contributed by atoms with van der Waals surface area (Å²) >= 11 is 6.44. The zero-order chi connectivity index (χ0) is 21.4. The highest BCUT2D eigenvalue weighted by molar-refractivity contribution is 6.32. The largest absolute Gasteiger partial charge is 0.488 e.